The second-order valence-corrected chi connectivity index (χ2v) is 8.07. The van der Waals surface area contributed by atoms with Gasteiger partial charge < -0.3 is 4.90 Å². The second-order valence-electron chi connectivity index (χ2n) is 7.15. The molecule has 1 heterocycles. The number of carbonyl (C=O) groups is 1. The lowest BCUT2D eigenvalue weighted by atomic mass is 10.1. The first-order valence-corrected chi connectivity index (χ1v) is 10.3. The Labute approximate surface area is 169 Å². The molecule has 27 heavy (non-hydrogen) atoms. The molecule has 1 saturated heterocycles. The van der Waals surface area contributed by atoms with Gasteiger partial charge in [-0.3, -0.25) is 9.69 Å². The Kier molecular flexibility index (Phi) is 7.02. The molecule has 1 fully saturated rings. The van der Waals surface area contributed by atoms with E-state index in [0.717, 1.165) is 42.4 Å². The van der Waals surface area contributed by atoms with Crippen LogP contribution in [0.3, 0.4) is 0 Å². The maximum absolute atomic E-state index is 13.1. The summed E-state index contributed by atoms with van der Waals surface area (Å²) in [6.45, 7) is 5.01. The maximum atomic E-state index is 13.1. The highest BCUT2D eigenvalue weighted by Gasteiger charge is 2.28. The molecule has 0 spiro atoms. The minimum Gasteiger partial charge on any atom is -0.338 e. The first-order valence-electron chi connectivity index (χ1n) is 9.56. The van der Waals surface area contributed by atoms with E-state index in [1.807, 2.05) is 17.0 Å². The molecule has 2 aromatic rings. The molecule has 0 aliphatic carbocycles. The van der Waals surface area contributed by atoms with Crippen LogP contribution in [-0.4, -0.2) is 41.4 Å². The summed E-state index contributed by atoms with van der Waals surface area (Å²) >= 11 is 3.46. The minimum absolute atomic E-state index is 0.193. The first kappa shape index (κ1) is 20.0. The third-order valence-corrected chi connectivity index (χ3v) is 5.77. The minimum atomic E-state index is -0.223. The van der Waals surface area contributed by atoms with Crippen LogP contribution in [-0.2, 0) is 17.8 Å². The van der Waals surface area contributed by atoms with Crippen LogP contribution in [0, 0.1) is 5.82 Å². The lowest BCUT2D eigenvalue weighted by Crippen LogP contribution is -2.42. The molecule has 1 atom stereocenters. The molecule has 3 rings (SSSR count). The third-order valence-electron chi connectivity index (χ3n) is 5.24. The quantitative estimate of drug-likeness (QED) is 0.663. The van der Waals surface area contributed by atoms with Gasteiger partial charge in [0.05, 0.1) is 6.54 Å². The number of benzene rings is 2. The zero-order chi connectivity index (χ0) is 19.2. The fraction of sp³-hybridized carbons (Fsp3) is 0.409. The van der Waals surface area contributed by atoms with Gasteiger partial charge in [0.15, 0.2) is 0 Å². The van der Waals surface area contributed by atoms with Crippen molar-refractivity contribution in [1.82, 2.24) is 9.80 Å². The molecular weight excluding hydrogens is 407 g/mol. The lowest BCUT2D eigenvalue weighted by molar-refractivity contribution is -0.133. The number of hydrogen-bond donors (Lipinski definition) is 0. The summed E-state index contributed by atoms with van der Waals surface area (Å²) in [6.07, 6.45) is 2.71. The fourth-order valence-electron chi connectivity index (χ4n) is 3.67. The van der Waals surface area contributed by atoms with E-state index in [1.54, 1.807) is 12.1 Å². The average Bonchev–Trinajstić information content (AvgIpc) is 2.81. The van der Waals surface area contributed by atoms with E-state index in [-0.39, 0.29) is 17.8 Å². The van der Waals surface area contributed by atoms with Gasteiger partial charge in [-0.25, -0.2) is 4.39 Å². The van der Waals surface area contributed by atoms with Crippen LogP contribution in [0.2, 0.25) is 0 Å². The van der Waals surface area contributed by atoms with Gasteiger partial charge in [-0.1, -0.05) is 47.1 Å². The van der Waals surface area contributed by atoms with Gasteiger partial charge in [-0.15, -0.1) is 0 Å². The summed E-state index contributed by atoms with van der Waals surface area (Å²) in [4.78, 5) is 17.2. The molecule has 1 amide bonds. The third kappa shape index (κ3) is 5.63. The molecule has 0 radical (unpaired) electrons. The molecule has 0 bridgehead atoms. The topological polar surface area (TPSA) is 23.6 Å². The summed E-state index contributed by atoms with van der Waals surface area (Å²) in [7, 11) is 0. The SMILES string of the molecule is CCC1CCN(Cc2ccc(Br)cc2)CC(=O)N1CCc1ccc(F)cc1. The van der Waals surface area contributed by atoms with Crippen molar-refractivity contribution in [2.45, 2.75) is 38.8 Å². The largest absolute Gasteiger partial charge is 0.338 e. The molecular formula is C22H26BrFN2O. The normalized spacial score (nSPS) is 18.6. The maximum Gasteiger partial charge on any atom is 0.237 e. The van der Waals surface area contributed by atoms with Crippen molar-refractivity contribution in [1.29, 1.82) is 0 Å². The highest BCUT2D eigenvalue weighted by molar-refractivity contribution is 9.10. The van der Waals surface area contributed by atoms with Crippen molar-refractivity contribution in [2.24, 2.45) is 0 Å². The van der Waals surface area contributed by atoms with Crippen molar-refractivity contribution in [3.05, 3.63) is 69.9 Å². The number of hydrogen-bond acceptors (Lipinski definition) is 2. The van der Waals surface area contributed by atoms with Gasteiger partial charge in [0.1, 0.15) is 5.82 Å². The Bertz CT molecular complexity index is 748. The summed E-state index contributed by atoms with van der Waals surface area (Å²) in [5.74, 6) is -0.0295. The van der Waals surface area contributed by atoms with Crippen LogP contribution in [0.25, 0.3) is 0 Å². The van der Waals surface area contributed by atoms with E-state index in [0.29, 0.717) is 13.1 Å². The summed E-state index contributed by atoms with van der Waals surface area (Å²) in [6, 6.07) is 15.1. The Hall–Kier alpha value is -1.72. The van der Waals surface area contributed by atoms with Crippen molar-refractivity contribution in [3.8, 4) is 0 Å². The first-order chi connectivity index (χ1) is 13.0. The van der Waals surface area contributed by atoms with E-state index in [4.69, 9.17) is 0 Å². The van der Waals surface area contributed by atoms with E-state index in [9.17, 15) is 9.18 Å². The van der Waals surface area contributed by atoms with Crippen LogP contribution in [0.15, 0.2) is 53.0 Å². The molecule has 0 N–H and O–H groups in total. The van der Waals surface area contributed by atoms with Crippen molar-refractivity contribution >= 4 is 21.8 Å². The predicted octanol–water partition coefficient (Wildman–Crippen LogP) is 4.64. The van der Waals surface area contributed by atoms with Crippen LogP contribution >= 0.6 is 15.9 Å². The summed E-state index contributed by atoms with van der Waals surface area (Å²) in [5, 5.41) is 0. The zero-order valence-corrected chi connectivity index (χ0v) is 17.3. The van der Waals surface area contributed by atoms with Gasteiger partial charge in [0, 0.05) is 30.1 Å². The monoisotopic (exact) mass is 432 g/mol. The van der Waals surface area contributed by atoms with Gasteiger partial charge in [0.25, 0.3) is 0 Å². The number of halogens is 2. The Morgan fingerprint density at radius 1 is 1.07 bits per heavy atom. The smallest absolute Gasteiger partial charge is 0.237 e. The predicted molar refractivity (Wildman–Crippen MR) is 110 cm³/mol. The molecule has 144 valence electrons. The molecule has 1 aliphatic heterocycles. The molecule has 5 heteroatoms. The van der Waals surface area contributed by atoms with Gasteiger partial charge in [0.2, 0.25) is 5.91 Å². The van der Waals surface area contributed by atoms with Crippen LogP contribution in [0.5, 0.6) is 0 Å². The van der Waals surface area contributed by atoms with E-state index >= 15 is 0 Å². The van der Waals surface area contributed by atoms with Gasteiger partial charge in [-0.2, -0.15) is 0 Å². The van der Waals surface area contributed by atoms with Crippen molar-refractivity contribution in [2.75, 3.05) is 19.6 Å². The lowest BCUT2D eigenvalue weighted by Gasteiger charge is -2.29. The van der Waals surface area contributed by atoms with Crippen LogP contribution in [0.4, 0.5) is 4.39 Å². The number of nitrogens with zero attached hydrogens (tertiary/aromatic N) is 2. The Morgan fingerprint density at radius 3 is 2.41 bits per heavy atom. The molecule has 1 unspecified atom stereocenters. The molecule has 1 aliphatic rings. The molecule has 2 aromatic carbocycles. The standard InChI is InChI=1S/C22H26BrFN2O/c1-2-21-12-13-25(15-18-3-7-19(23)8-4-18)16-22(27)26(21)14-11-17-5-9-20(24)10-6-17/h3-10,21H,2,11-16H2,1H3. The van der Waals surface area contributed by atoms with Gasteiger partial charge in [-0.05, 0) is 54.7 Å². The number of rotatable bonds is 6. The zero-order valence-electron chi connectivity index (χ0n) is 15.7. The highest BCUT2D eigenvalue weighted by atomic mass is 79.9. The highest BCUT2D eigenvalue weighted by Crippen LogP contribution is 2.19. The van der Waals surface area contributed by atoms with Crippen molar-refractivity contribution in [3.63, 3.8) is 0 Å². The van der Waals surface area contributed by atoms with E-state index < -0.39 is 0 Å². The fourth-order valence-corrected chi connectivity index (χ4v) is 3.93. The average molecular weight is 433 g/mol. The van der Waals surface area contributed by atoms with E-state index in [1.165, 1.54) is 17.7 Å². The number of carbonyl (C=O) groups excluding carboxylic acids is 1. The molecule has 0 saturated carbocycles. The number of amides is 1. The Balaban J connectivity index is 1.63. The van der Waals surface area contributed by atoms with Gasteiger partial charge >= 0.3 is 0 Å². The van der Waals surface area contributed by atoms with E-state index in [2.05, 4.69) is 39.9 Å². The van der Waals surface area contributed by atoms with Crippen molar-refractivity contribution < 1.29 is 9.18 Å². The van der Waals surface area contributed by atoms with Crippen LogP contribution < -0.4 is 0 Å². The Morgan fingerprint density at radius 2 is 1.74 bits per heavy atom. The second kappa shape index (κ2) is 9.47. The molecule has 3 nitrogen and oxygen atoms in total. The van der Waals surface area contributed by atoms with Crippen LogP contribution in [0.1, 0.15) is 30.9 Å². The summed E-state index contributed by atoms with van der Waals surface area (Å²) < 4.78 is 14.2. The summed E-state index contributed by atoms with van der Waals surface area (Å²) in [5.41, 5.74) is 2.29. The molecule has 0 aromatic heterocycles.